The molecule has 0 bridgehead atoms. The fourth-order valence-corrected chi connectivity index (χ4v) is 3.55. The highest BCUT2D eigenvalue weighted by Gasteiger charge is 2.24. The maximum absolute atomic E-state index is 13.3. The third-order valence-electron chi connectivity index (χ3n) is 4.99. The Morgan fingerprint density at radius 1 is 1.14 bits per heavy atom. The van der Waals surface area contributed by atoms with Gasteiger partial charge in [-0.15, -0.1) is 24.8 Å². The van der Waals surface area contributed by atoms with Gasteiger partial charge in [-0.2, -0.15) is 0 Å². The van der Waals surface area contributed by atoms with Crippen LogP contribution in [0.5, 0.6) is 5.75 Å². The number of benzene rings is 2. The van der Waals surface area contributed by atoms with Crippen molar-refractivity contribution in [3.8, 4) is 17.0 Å². The van der Waals surface area contributed by atoms with Gasteiger partial charge >= 0.3 is 0 Å². The first-order valence-corrected chi connectivity index (χ1v) is 9.22. The molecule has 2 aromatic carbocycles. The minimum atomic E-state index is 0. The average Bonchev–Trinajstić information content (AvgIpc) is 2.72. The van der Waals surface area contributed by atoms with E-state index in [4.69, 9.17) is 9.72 Å². The van der Waals surface area contributed by atoms with Crippen LogP contribution in [0.4, 0.5) is 0 Å². The number of hydrogen-bond acceptors (Lipinski definition) is 4. The van der Waals surface area contributed by atoms with E-state index in [1.807, 2.05) is 59.5 Å². The maximum Gasteiger partial charge on any atom is 0.254 e. The van der Waals surface area contributed by atoms with Gasteiger partial charge in [-0.3, -0.25) is 4.79 Å². The first kappa shape index (κ1) is 22.9. The molecule has 7 heteroatoms. The third kappa shape index (κ3) is 4.81. The number of rotatable bonds is 3. The number of para-hydroxylation sites is 1. The zero-order chi connectivity index (χ0) is 18.8. The number of piperazine rings is 1. The summed E-state index contributed by atoms with van der Waals surface area (Å²) >= 11 is 0. The summed E-state index contributed by atoms with van der Waals surface area (Å²) in [6, 6.07) is 17.8. The van der Waals surface area contributed by atoms with E-state index in [0.717, 1.165) is 41.0 Å². The SMILES string of the molecule is COc1ccc(-c2cc(C(=O)N3CCNC(C)C3)c3ccccc3n2)cc1.Cl.Cl. The molecule has 1 N–H and O–H groups in total. The number of halogens is 2. The zero-order valence-electron chi connectivity index (χ0n) is 16.4. The number of nitrogens with one attached hydrogen (secondary N) is 1. The number of fused-ring (bicyclic) bond motifs is 1. The highest BCUT2D eigenvalue weighted by atomic mass is 35.5. The van der Waals surface area contributed by atoms with E-state index in [2.05, 4.69) is 12.2 Å². The largest absolute Gasteiger partial charge is 0.497 e. The molecule has 1 aliphatic rings. The summed E-state index contributed by atoms with van der Waals surface area (Å²) in [5.74, 6) is 0.863. The molecule has 4 rings (SSSR count). The zero-order valence-corrected chi connectivity index (χ0v) is 18.1. The standard InChI is InChI=1S/C22H23N3O2.2ClH/c1-15-14-25(12-11-23-15)22(26)19-13-21(16-7-9-17(27-2)10-8-16)24-20-6-4-3-5-18(19)20;;/h3-10,13,15,23H,11-12,14H2,1-2H3;2*1H. The lowest BCUT2D eigenvalue weighted by atomic mass is 10.0. The third-order valence-corrected chi connectivity index (χ3v) is 4.99. The molecule has 3 aromatic rings. The van der Waals surface area contributed by atoms with Crippen LogP contribution in [0, 0.1) is 0 Å². The number of pyridine rings is 1. The van der Waals surface area contributed by atoms with Crippen LogP contribution in [0.1, 0.15) is 17.3 Å². The van der Waals surface area contributed by atoms with Crippen LogP contribution in [0.25, 0.3) is 22.2 Å². The highest BCUT2D eigenvalue weighted by Crippen LogP contribution is 2.27. The van der Waals surface area contributed by atoms with Crippen molar-refractivity contribution in [2.24, 2.45) is 0 Å². The Morgan fingerprint density at radius 2 is 1.86 bits per heavy atom. The Labute approximate surface area is 183 Å². The first-order valence-electron chi connectivity index (χ1n) is 9.22. The van der Waals surface area contributed by atoms with Crippen LogP contribution in [0.2, 0.25) is 0 Å². The van der Waals surface area contributed by atoms with E-state index in [1.165, 1.54) is 0 Å². The Hall–Kier alpha value is -2.34. The van der Waals surface area contributed by atoms with Gasteiger partial charge in [0.25, 0.3) is 5.91 Å². The molecule has 1 amide bonds. The van der Waals surface area contributed by atoms with Gasteiger partial charge in [0, 0.05) is 36.6 Å². The number of hydrogen-bond donors (Lipinski definition) is 1. The van der Waals surface area contributed by atoms with Crippen molar-refractivity contribution < 1.29 is 9.53 Å². The molecule has 1 unspecified atom stereocenters. The lowest BCUT2D eigenvalue weighted by Gasteiger charge is -2.32. The van der Waals surface area contributed by atoms with Crippen molar-refractivity contribution >= 4 is 41.6 Å². The molecule has 1 fully saturated rings. The summed E-state index contributed by atoms with van der Waals surface area (Å²) in [5.41, 5.74) is 3.30. The van der Waals surface area contributed by atoms with E-state index in [1.54, 1.807) is 7.11 Å². The van der Waals surface area contributed by atoms with Crippen LogP contribution in [-0.2, 0) is 0 Å². The van der Waals surface area contributed by atoms with Crippen molar-refractivity contribution in [3.63, 3.8) is 0 Å². The van der Waals surface area contributed by atoms with Crippen LogP contribution < -0.4 is 10.1 Å². The number of ether oxygens (including phenoxy) is 1. The molecule has 0 aliphatic carbocycles. The van der Waals surface area contributed by atoms with Gasteiger partial charge in [0.05, 0.1) is 23.9 Å². The summed E-state index contributed by atoms with van der Waals surface area (Å²) in [5, 5.41) is 4.28. The van der Waals surface area contributed by atoms with Gasteiger partial charge in [-0.05, 0) is 43.3 Å². The predicted molar refractivity (Wildman–Crippen MR) is 122 cm³/mol. The minimum absolute atomic E-state index is 0. The summed E-state index contributed by atoms with van der Waals surface area (Å²) in [6.45, 7) is 4.36. The molecule has 0 radical (unpaired) electrons. The second-order valence-electron chi connectivity index (χ2n) is 6.91. The molecule has 0 spiro atoms. The fraction of sp³-hybridized carbons (Fsp3) is 0.273. The maximum atomic E-state index is 13.3. The molecule has 5 nitrogen and oxygen atoms in total. The van der Waals surface area contributed by atoms with Crippen LogP contribution in [0.15, 0.2) is 54.6 Å². The molecule has 2 heterocycles. The summed E-state index contributed by atoms with van der Waals surface area (Å²) < 4.78 is 5.24. The highest BCUT2D eigenvalue weighted by molar-refractivity contribution is 6.07. The van der Waals surface area contributed by atoms with Gasteiger partial charge in [0.1, 0.15) is 5.75 Å². The van der Waals surface area contributed by atoms with Crippen molar-refractivity contribution in [1.29, 1.82) is 0 Å². The molecule has 1 saturated heterocycles. The lowest BCUT2D eigenvalue weighted by molar-refractivity contribution is 0.0711. The summed E-state index contributed by atoms with van der Waals surface area (Å²) in [6.07, 6.45) is 0. The monoisotopic (exact) mass is 433 g/mol. The number of methoxy groups -OCH3 is 1. The Kier molecular flexibility index (Phi) is 7.85. The molecule has 0 saturated carbocycles. The van der Waals surface area contributed by atoms with Gasteiger partial charge in [-0.1, -0.05) is 18.2 Å². The Bertz CT molecular complexity index is 979. The summed E-state index contributed by atoms with van der Waals surface area (Å²) in [4.78, 5) is 20.0. The smallest absolute Gasteiger partial charge is 0.254 e. The molecule has 29 heavy (non-hydrogen) atoms. The number of carbonyl (C=O) groups is 1. The molecule has 1 atom stereocenters. The summed E-state index contributed by atoms with van der Waals surface area (Å²) in [7, 11) is 1.65. The van der Waals surface area contributed by atoms with E-state index in [-0.39, 0.29) is 30.7 Å². The molecule has 1 aliphatic heterocycles. The van der Waals surface area contributed by atoms with Crippen molar-refractivity contribution in [2.45, 2.75) is 13.0 Å². The van der Waals surface area contributed by atoms with Crippen molar-refractivity contribution in [2.75, 3.05) is 26.7 Å². The van der Waals surface area contributed by atoms with E-state index >= 15 is 0 Å². The van der Waals surface area contributed by atoms with E-state index < -0.39 is 0 Å². The first-order chi connectivity index (χ1) is 13.2. The van der Waals surface area contributed by atoms with Gasteiger partial charge in [0.15, 0.2) is 0 Å². The Balaban J connectivity index is 0.00000150. The minimum Gasteiger partial charge on any atom is -0.497 e. The number of aromatic nitrogens is 1. The Morgan fingerprint density at radius 3 is 2.55 bits per heavy atom. The second-order valence-corrected chi connectivity index (χ2v) is 6.91. The van der Waals surface area contributed by atoms with Crippen LogP contribution >= 0.6 is 24.8 Å². The molecular formula is C22H25Cl2N3O2. The lowest BCUT2D eigenvalue weighted by Crippen LogP contribution is -2.51. The van der Waals surface area contributed by atoms with Crippen molar-refractivity contribution in [1.82, 2.24) is 15.2 Å². The predicted octanol–water partition coefficient (Wildman–Crippen LogP) is 4.19. The average molecular weight is 434 g/mol. The second kappa shape index (κ2) is 9.92. The van der Waals surface area contributed by atoms with Crippen LogP contribution in [0.3, 0.4) is 0 Å². The van der Waals surface area contributed by atoms with E-state index in [9.17, 15) is 4.79 Å². The fourth-order valence-electron chi connectivity index (χ4n) is 3.55. The van der Waals surface area contributed by atoms with E-state index in [0.29, 0.717) is 18.2 Å². The molecule has 1 aromatic heterocycles. The van der Waals surface area contributed by atoms with Gasteiger partial charge < -0.3 is 15.0 Å². The number of carbonyl (C=O) groups excluding carboxylic acids is 1. The van der Waals surface area contributed by atoms with Gasteiger partial charge in [0.2, 0.25) is 0 Å². The molecular weight excluding hydrogens is 409 g/mol. The quantitative estimate of drug-likeness (QED) is 0.672. The van der Waals surface area contributed by atoms with Crippen LogP contribution in [-0.4, -0.2) is 48.6 Å². The topological polar surface area (TPSA) is 54.5 Å². The number of nitrogens with zero attached hydrogens (tertiary/aromatic N) is 2. The normalized spacial score (nSPS) is 15.9. The molecule has 154 valence electrons. The van der Waals surface area contributed by atoms with Gasteiger partial charge in [-0.25, -0.2) is 4.98 Å². The van der Waals surface area contributed by atoms with Crippen molar-refractivity contribution in [3.05, 3.63) is 60.2 Å². The number of amides is 1.